The van der Waals surface area contributed by atoms with Crippen molar-refractivity contribution >= 4 is 46.1 Å². The Morgan fingerprint density at radius 1 is 0.479 bits per heavy atom. The van der Waals surface area contributed by atoms with Gasteiger partial charge < -0.3 is 4.90 Å². The fourth-order valence-electron chi connectivity index (χ4n) is 7.19. The molecule has 0 amide bonds. The van der Waals surface area contributed by atoms with Crippen molar-refractivity contribution in [3.8, 4) is 22.3 Å². The molecular formula is C47H37N. The fourth-order valence-corrected chi connectivity index (χ4v) is 7.19. The summed E-state index contributed by atoms with van der Waals surface area (Å²) in [7, 11) is 0. The predicted molar refractivity (Wildman–Crippen MR) is 207 cm³/mol. The molecule has 0 spiro atoms. The highest BCUT2D eigenvalue weighted by Crippen LogP contribution is 2.47. The molecule has 1 unspecified atom stereocenters. The van der Waals surface area contributed by atoms with Crippen molar-refractivity contribution in [2.45, 2.75) is 19.3 Å². The van der Waals surface area contributed by atoms with E-state index >= 15 is 0 Å². The van der Waals surface area contributed by atoms with Crippen molar-refractivity contribution in [3.63, 3.8) is 0 Å². The molecular weight excluding hydrogens is 579 g/mol. The van der Waals surface area contributed by atoms with Gasteiger partial charge in [0.05, 0.1) is 0 Å². The number of fused-ring (bicyclic) bond motifs is 2. The molecule has 0 bridgehead atoms. The van der Waals surface area contributed by atoms with Crippen LogP contribution in [-0.4, -0.2) is 0 Å². The zero-order valence-electron chi connectivity index (χ0n) is 27.1. The Kier molecular flexibility index (Phi) is 8.02. The second-order valence-corrected chi connectivity index (χ2v) is 12.6. The molecule has 1 nitrogen and oxygen atoms in total. The van der Waals surface area contributed by atoms with Crippen LogP contribution < -0.4 is 4.90 Å². The van der Waals surface area contributed by atoms with Crippen LogP contribution in [-0.2, 0) is 0 Å². The molecule has 230 valence electrons. The van der Waals surface area contributed by atoms with Crippen molar-refractivity contribution in [2.24, 2.45) is 0 Å². The molecule has 0 fully saturated rings. The zero-order chi connectivity index (χ0) is 32.3. The molecule has 1 atom stereocenters. The average Bonchev–Trinajstić information content (AvgIpc) is 3.15. The summed E-state index contributed by atoms with van der Waals surface area (Å²) >= 11 is 0. The van der Waals surface area contributed by atoms with E-state index in [1.807, 2.05) is 0 Å². The zero-order valence-corrected chi connectivity index (χ0v) is 27.1. The number of hydrogen-bond acceptors (Lipinski definition) is 1. The van der Waals surface area contributed by atoms with Gasteiger partial charge in [0, 0.05) is 17.1 Å². The van der Waals surface area contributed by atoms with Crippen molar-refractivity contribution in [1.82, 2.24) is 0 Å². The van der Waals surface area contributed by atoms with Crippen molar-refractivity contribution in [1.29, 1.82) is 0 Å². The van der Waals surface area contributed by atoms with E-state index in [0.717, 1.165) is 23.5 Å². The Morgan fingerprint density at radius 3 is 1.52 bits per heavy atom. The third-order valence-electron chi connectivity index (χ3n) is 9.47. The third-order valence-corrected chi connectivity index (χ3v) is 9.47. The van der Waals surface area contributed by atoms with Crippen molar-refractivity contribution in [2.75, 3.05) is 4.90 Å². The summed E-state index contributed by atoms with van der Waals surface area (Å²) in [6, 6.07) is 58.8. The third kappa shape index (κ3) is 5.65. The minimum Gasteiger partial charge on any atom is -0.311 e. The number of anilines is 3. The van der Waals surface area contributed by atoms with Gasteiger partial charge in [0.1, 0.15) is 0 Å². The van der Waals surface area contributed by atoms with E-state index in [4.69, 9.17) is 0 Å². The number of allylic oxidation sites excluding steroid dienone is 1. The summed E-state index contributed by atoms with van der Waals surface area (Å²) in [5.74, 6) is 0.449. The minimum absolute atomic E-state index is 0.449. The number of para-hydroxylation sites is 2. The van der Waals surface area contributed by atoms with E-state index < -0.39 is 0 Å². The van der Waals surface area contributed by atoms with Gasteiger partial charge in [-0.2, -0.15) is 0 Å². The Hall–Kier alpha value is -5.92. The van der Waals surface area contributed by atoms with Crippen LogP contribution in [0.25, 0.3) is 51.3 Å². The molecule has 7 aromatic rings. The summed E-state index contributed by atoms with van der Waals surface area (Å²) in [5, 5.41) is 2.63. The van der Waals surface area contributed by atoms with Crippen LogP contribution in [0.5, 0.6) is 0 Å². The maximum Gasteiger partial charge on any atom is 0.0462 e. The van der Waals surface area contributed by atoms with Crippen LogP contribution in [0, 0.1) is 0 Å². The first-order valence-corrected chi connectivity index (χ1v) is 16.8. The van der Waals surface area contributed by atoms with E-state index in [2.05, 4.69) is 200 Å². The van der Waals surface area contributed by atoms with Gasteiger partial charge in [-0.3, -0.25) is 0 Å². The topological polar surface area (TPSA) is 3.24 Å². The van der Waals surface area contributed by atoms with Crippen LogP contribution in [0.1, 0.15) is 41.5 Å². The summed E-state index contributed by atoms with van der Waals surface area (Å²) in [5.41, 5.74) is 13.8. The molecule has 48 heavy (non-hydrogen) atoms. The summed E-state index contributed by atoms with van der Waals surface area (Å²) < 4.78 is 0. The van der Waals surface area contributed by atoms with Crippen LogP contribution in [0.4, 0.5) is 17.1 Å². The van der Waals surface area contributed by atoms with E-state index in [0.29, 0.717) is 5.92 Å². The molecule has 0 saturated carbocycles. The van der Waals surface area contributed by atoms with Gasteiger partial charge in [-0.05, 0) is 104 Å². The quantitative estimate of drug-likeness (QED) is 0.161. The van der Waals surface area contributed by atoms with Gasteiger partial charge in [-0.1, -0.05) is 159 Å². The highest BCUT2D eigenvalue weighted by molar-refractivity contribution is 6.10. The SMILES string of the molecule is CC1CC=Cc2c1c(-c1ccccc1)c1ccccc1c2-c1ccc(/C=C/c2ccc(N(c3ccccc3)c3ccccc3)cc2)cc1. The van der Waals surface area contributed by atoms with E-state index in [9.17, 15) is 0 Å². The molecule has 1 aliphatic rings. The molecule has 0 radical (unpaired) electrons. The van der Waals surface area contributed by atoms with Gasteiger partial charge in [-0.25, -0.2) is 0 Å². The van der Waals surface area contributed by atoms with Gasteiger partial charge in [-0.15, -0.1) is 0 Å². The Balaban J connectivity index is 1.11. The highest BCUT2D eigenvalue weighted by Gasteiger charge is 2.25. The second-order valence-electron chi connectivity index (χ2n) is 12.6. The van der Waals surface area contributed by atoms with Crippen LogP contribution in [0.3, 0.4) is 0 Å². The molecule has 7 aromatic carbocycles. The van der Waals surface area contributed by atoms with E-state index in [1.54, 1.807) is 0 Å². The molecule has 1 heteroatoms. The maximum atomic E-state index is 2.37. The predicted octanol–water partition coefficient (Wildman–Crippen LogP) is 13.3. The van der Waals surface area contributed by atoms with E-state index in [1.165, 1.54) is 55.3 Å². The number of nitrogens with zero attached hydrogens (tertiary/aromatic N) is 1. The van der Waals surface area contributed by atoms with Gasteiger partial charge >= 0.3 is 0 Å². The molecule has 8 rings (SSSR count). The van der Waals surface area contributed by atoms with Crippen LogP contribution in [0.2, 0.25) is 0 Å². The average molecular weight is 616 g/mol. The number of hydrogen-bond donors (Lipinski definition) is 0. The Bertz CT molecular complexity index is 2190. The fraction of sp³-hybridized carbons (Fsp3) is 0.0638. The molecule has 0 heterocycles. The smallest absolute Gasteiger partial charge is 0.0462 e. The lowest BCUT2D eigenvalue weighted by Crippen LogP contribution is -2.09. The van der Waals surface area contributed by atoms with Gasteiger partial charge in [0.15, 0.2) is 0 Å². The maximum absolute atomic E-state index is 2.37. The lowest BCUT2D eigenvalue weighted by atomic mass is 9.76. The Labute approximate surface area is 283 Å². The molecule has 0 aliphatic heterocycles. The number of rotatable bonds is 7. The summed E-state index contributed by atoms with van der Waals surface area (Å²) in [6.45, 7) is 2.37. The van der Waals surface area contributed by atoms with Gasteiger partial charge in [0.25, 0.3) is 0 Å². The van der Waals surface area contributed by atoms with Crippen LogP contribution in [0.15, 0.2) is 170 Å². The minimum atomic E-state index is 0.449. The first-order valence-electron chi connectivity index (χ1n) is 16.8. The Morgan fingerprint density at radius 2 is 0.938 bits per heavy atom. The highest BCUT2D eigenvalue weighted by atomic mass is 15.1. The summed E-state index contributed by atoms with van der Waals surface area (Å²) in [6.07, 6.45) is 10.2. The molecule has 0 aromatic heterocycles. The standard InChI is InChI=1S/C47H37N/c1-34-14-13-23-44-45(34)47(37-15-5-2-6-16-37)43-22-12-11-21-42(43)46(44)38-30-26-35(27-31-38)24-25-36-28-32-41(33-29-36)48(39-17-7-3-8-18-39)40-19-9-4-10-20-40/h2-13,15-34H,14H2,1H3/b25-24+. The van der Waals surface area contributed by atoms with Crippen LogP contribution >= 0.6 is 0 Å². The first kappa shape index (κ1) is 29.5. The number of benzene rings is 7. The van der Waals surface area contributed by atoms with E-state index in [-0.39, 0.29) is 0 Å². The molecule has 0 saturated heterocycles. The van der Waals surface area contributed by atoms with Gasteiger partial charge in [0.2, 0.25) is 0 Å². The first-order chi connectivity index (χ1) is 23.7. The monoisotopic (exact) mass is 615 g/mol. The van der Waals surface area contributed by atoms with Crippen molar-refractivity contribution < 1.29 is 0 Å². The lowest BCUT2D eigenvalue weighted by Gasteiger charge is -2.27. The lowest BCUT2D eigenvalue weighted by molar-refractivity contribution is 0.775. The molecule has 1 aliphatic carbocycles. The summed E-state index contributed by atoms with van der Waals surface area (Å²) in [4.78, 5) is 2.29. The largest absolute Gasteiger partial charge is 0.311 e. The molecule has 0 N–H and O–H groups in total. The normalized spacial score (nSPS) is 13.9. The second kappa shape index (κ2) is 13.1. The van der Waals surface area contributed by atoms with Crippen molar-refractivity contribution in [3.05, 3.63) is 192 Å².